The summed E-state index contributed by atoms with van der Waals surface area (Å²) in [6.07, 6.45) is 3.38. The van der Waals surface area contributed by atoms with E-state index in [1.54, 1.807) is 0 Å². The number of hydrogen-bond donors (Lipinski definition) is 0. The molecule has 0 saturated carbocycles. The van der Waals surface area contributed by atoms with Crippen LogP contribution in [0.2, 0.25) is 5.15 Å². The summed E-state index contributed by atoms with van der Waals surface area (Å²) >= 11 is 5.96. The van der Waals surface area contributed by atoms with Gasteiger partial charge in [0, 0.05) is 6.42 Å². The summed E-state index contributed by atoms with van der Waals surface area (Å²) in [5.41, 5.74) is 2.71. The standard InChI is InChI=1S/C11H12ClNO/c1-2-7-6-8-4-3-5-9(14)10(8)13-11(7)12/h6H,2-5H2,1H3. The predicted octanol–water partition coefficient (Wildman–Crippen LogP) is 2.82. The predicted molar refractivity (Wildman–Crippen MR) is 55.9 cm³/mol. The molecule has 2 nitrogen and oxygen atoms in total. The van der Waals surface area contributed by atoms with Gasteiger partial charge in [-0.2, -0.15) is 0 Å². The first kappa shape index (κ1) is 9.66. The molecule has 1 heterocycles. The number of nitrogens with zero attached hydrogens (tertiary/aromatic N) is 1. The van der Waals surface area contributed by atoms with Crippen molar-refractivity contribution >= 4 is 17.4 Å². The molecule has 0 aliphatic heterocycles. The minimum atomic E-state index is 0.135. The lowest BCUT2D eigenvalue weighted by atomic mass is 9.94. The fourth-order valence-corrected chi connectivity index (χ4v) is 2.09. The van der Waals surface area contributed by atoms with Gasteiger partial charge in [0.15, 0.2) is 5.78 Å². The van der Waals surface area contributed by atoms with Crippen LogP contribution in [0.15, 0.2) is 6.07 Å². The van der Waals surface area contributed by atoms with Gasteiger partial charge in [0.25, 0.3) is 0 Å². The average Bonchev–Trinajstić information content (AvgIpc) is 2.19. The number of Topliss-reactive ketones (excluding diaryl/α,β-unsaturated/α-hetero) is 1. The minimum Gasteiger partial charge on any atom is -0.292 e. The third-order valence-corrected chi connectivity index (χ3v) is 2.95. The highest BCUT2D eigenvalue weighted by Crippen LogP contribution is 2.24. The molecular weight excluding hydrogens is 198 g/mol. The third kappa shape index (κ3) is 1.55. The van der Waals surface area contributed by atoms with Crippen molar-refractivity contribution in [2.24, 2.45) is 0 Å². The maximum atomic E-state index is 11.5. The average molecular weight is 210 g/mol. The smallest absolute Gasteiger partial charge is 0.181 e. The maximum Gasteiger partial charge on any atom is 0.181 e. The molecule has 0 amide bonds. The minimum absolute atomic E-state index is 0.135. The number of pyridine rings is 1. The second-order valence-electron chi connectivity index (χ2n) is 3.58. The Morgan fingerprint density at radius 1 is 1.50 bits per heavy atom. The number of aromatic nitrogens is 1. The van der Waals surface area contributed by atoms with Crippen molar-refractivity contribution in [3.05, 3.63) is 28.0 Å². The van der Waals surface area contributed by atoms with Crippen molar-refractivity contribution in [2.75, 3.05) is 0 Å². The van der Waals surface area contributed by atoms with Gasteiger partial charge in [0.2, 0.25) is 0 Å². The van der Waals surface area contributed by atoms with E-state index in [1.165, 1.54) is 0 Å². The fraction of sp³-hybridized carbons (Fsp3) is 0.455. The van der Waals surface area contributed by atoms with Gasteiger partial charge in [0.1, 0.15) is 10.8 Å². The number of rotatable bonds is 1. The second-order valence-corrected chi connectivity index (χ2v) is 3.93. The summed E-state index contributed by atoms with van der Waals surface area (Å²) < 4.78 is 0. The monoisotopic (exact) mass is 209 g/mol. The fourth-order valence-electron chi connectivity index (χ4n) is 1.82. The Labute approximate surface area is 88.3 Å². The normalized spacial score (nSPS) is 15.4. The first-order chi connectivity index (χ1) is 6.72. The molecule has 0 aromatic carbocycles. The van der Waals surface area contributed by atoms with Gasteiger partial charge in [-0.15, -0.1) is 0 Å². The molecule has 0 fully saturated rings. The lowest BCUT2D eigenvalue weighted by molar-refractivity contribution is 0.0967. The van der Waals surface area contributed by atoms with E-state index in [4.69, 9.17) is 11.6 Å². The van der Waals surface area contributed by atoms with Gasteiger partial charge in [-0.3, -0.25) is 4.79 Å². The van der Waals surface area contributed by atoms with Gasteiger partial charge in [0.05, 0.1) is 0 Å². The molecular formula is C11H12ClNO. The molecule has 1 aromatic rings. The molecule has 3 heteroatoms. The topological polar surface area (TPSA) is 30.0 Å². The highest BCUT2D eigenvalue weighted by atomic mass is 35.5. The molecule has 0 saturated heterocycles. The summed E-state index contributed by atoms with van der Waals surface area (Å²) in [7, 11) is 0. The van der Waals surface area contributed by atoms with Gasteiger partial charge < -0.3 is 0 Å². The van der Waals surface area contributed by atoms with Crippen LogP contribution in [-0.2, 0) is 12.8 Å². The SMILES string of the molecule is CCc1cc2c(nc1Cl)C(=O)CCC2. The highest BCUT2D eigenvalue weighted by Gasteiger charge is 2.20. The Balaban J connectivity index is 2.54. The number of aryl methyl sites for hydroxylation is 2. The number of carbonyl (C=O) groups is 1. The molecule has 0 unspecified atom stereocenters. The molecule has 0 spiro atoms. The van der Waals surface area contributed by atoms with Crippen LogP contribution in [-0.4, -0.2) is 10.8 Å². The van der Waals surface area contributed by atoms with E-state index in [2.05, 4.69) is 4.98 Å². The molecule has 0 radical (unpaired) electrons. The Bertz CT molecular complexity index is 387. The van der Waals surface area contributed by atoms with Crippen LogP contribution in [0.4, 0.5) is 0 Å². The summed E-state index contributed by atoms with van der Waals surface area (Å²) in [4.78, 5) is 15.7. The molecule has 0 bridgehead atoms. The van der Waals surface area contributed by atoms with Crippen LogP contribution >= 0.6 is 11.6 Å². The molecule has 0 atom stereocenters. The molecule has 1 aromatic heterocycles. The van der Waals surface area contributed by atoms with Crippen molar-refractivity contribution in [3.63, 3.8) is 0 Å². The van der Waals surface area contributed by atoms with Crippen LogP contribution < -0.4 is 0 Å². The van der Waals surface area contributed by atoms with Crippen LogP contribution in [0, 0.1) is 0 Å². The molecule has 74 valence electrons. The Morgan fingerprint density at radius 3 is 3.00 bits per heavy atom. The van der Waals surface area contributed by atoms with E-state index in [-0.39, 0.29) is 5.78 Å². The van der Waals surface area contributed by atoms with Gasteiger partial charge in [-0.1, -0.05) is 24.6 Å². The summed E-state index contributed by atoms with van der Waals surface area (Å²) in [6.45, 7) is 2.04. The summed E-state index contributed by atoms with van der Waals surface area (Å²) in [5, 5.41) is 0.488. The van der Waals surface area contributed by atoms with Crippen molar-refractivity contribution in [1.29, 1.82) is 0 Å². The lowest BCUT2D eigenvalue weighted by Gasteiger charge is -2.15. The molecule has 14 heavy (non-hydrogen) atoms. The van der Waals surface area contributed by atoms with Crippen LogP contribution in [0.25, 0.3) is 0 Å². The molecule has 1 aliphatic carbocycles. The largest absolute Gasteiger partial charge is 0.292 e. The Hall–Kier alpha value is -0.890. The zero-order valence-corrected chi connectivity index (χ0v) is 8.90. The first-order valence-corrected chi connectivity index (χ1v) is 5.31. The van der Waals surface area contributed by atoms with Gasteiger partial charge >= 0.3 is 0 Å². The zero-order valence-electron chi connectivity index (χ0n) is 8.14. The summed E-state index contributed by atoms with van der Waals surface area (Å²) in [5.74, 6) is 0.135. The lowest BCUT2D eigenvalue weighted by Crippen LogP contribution is -2.14. The number of halogens is 1. The number of ketones is 1. The van der Waals surface area contributed by atoms with E-state index in [0.717, 1.165) is 30.4 Å². The van der Waals surface area contributed by atoms with Gasteiger partial charge in [-0.25, -0.2) is 4.98 Å². The van der Waals surface area contributed by atoms with Crippen molar-refractivity contribution in [2.45, 2.75) is 32.6 Å². The third-order valence-electron chi connectivity index (χ3n) is 2.62. The number of hydrogen-bond acceptors (Lipinski definition) is 2. The number of fused-ring (bicyclic) bond motifs is 1. The first-order valence-electron chi connectivity index (χ1n) is 4.94. The Morgan fingerprint density at radius 2 is 2.29 bits per heavy atom. The summed E-state index contributed by atoms with van der Waals surface area (Å²) in [6, 6.07) is 2.03. The molecule has 1 aliphatic rings. The van der Waals surface area contributed by atoms with Crippen LogP contribution in [0.1, 0.15) is 41.4 Å². The quantitative estimate of drug-likeness (QED) is 0.666. The van der Waals surface area contributed by atoms with Crippen LogP contribution in [0.5, 0.6) is 0 Å². The highest BCUT2D eigenvalue weighted by molar-refractivity contribution is 6.30. The number of carbonyl (C=O) groups excluding carboxylic acids is 1. The van der Waals surface area contributed by atoms with E-state index in [0.29, 0.717) is 17.3 Å². The van der Waals surface area contributed by atoms with Gasteiger partial charge in [-0.05, 0) is 30.4 Å². The van der Waals surface area contributed by atoms with Crippen molar-refractivity contribution < 1.29 is 4.79 Å². The second kappa shape index (κ2) is 3.70. The van der Waals surface area contributed by atoms with E-state index in [9.17, 15) is 4.79 Å². The van der Waals surface area contributed by atoms with Crippen molar-refractivity contribution in [1.82, 2.24) is 4.98 Å². The molecule has 0 N–H and O–H groups in total. The molecule has 2 rings (SSSR count). The maximum absolute atomic E-state index is 11.5. The van der Waals surface area contributed by atoms with Crippen LogP contribution in [0.3, 0.4) is 0 Å². The Kier molecular flexibility index (Phi) is 2.55. The zero-order chi connectivity index (χ0) is 10.1. The van der Waals surface area contributed by atoms with Crippen molar-refractivity contribution in [3.8, 4) is 0 Å². The van der Waals surface area contributed by atoms with E-state index < -0.39 is 0 Å². The van der Waals surface area contributed by atoms with E-state index >= 15 is 0 Å². The van der Waals surface area contributed by atoms with E-state index in [1.807, 2.05) is 13.0 Å².